The van der Waals surface area contributed by atoms with Gasteiger partial charge < -0.3 is 9.84 Å². The monoisotopic (exact) mass is 450 g/mol. The van der Waals surface area contributed by atoms with Crippen molar-refractivity contribution in [2.75, 3.05) is 13.2 Å². The highest BCUT2D eigenvalue weighted by atomic mass is 32.2. The molecule has 0 spiro atoms. The van der Waals surface area contributed by atoms with Gasteiger partial charge in [-0.3, -0.25) is 4.98 Å². The van der Waals surface area contributed by atoms with E-state index in [1.54, 1.807) is 16.7 Å². The van der Waals surface area contributed by atoms with Gasteiger partial charge in [-0.15, -0.1) is 0 Å². The maximum Gasteiger partial charge on any atom is 0.490 e. The maximum absolute atomic E-state index is 12.7. The van der Waals surface area contributed by atoms with Gasteiger partial charge in [-0.05, 0) is 62.1 Å². The first kappa shape index (κ1) is 23.0. The second kappa shape index (κ2) is 9.19. The van der Waals surface area contributed by atoms with Crippen molar-refractivity contribution in [3.8, 4) is 0 Å². The van der Waals surface area contributed by atoms with E-state index in [1.807, 2.05) is 12.1 Å². The molecule has 3 aliphatic rings. The highest BCUT2D eigenvalue weighted by Crippen LogP contribution is 2.37. The van der Waals surface area contributed by atoms with Gasteiger partial charge in [0.1, 0.15) is 0 Å². The zero-order valence-electron chi connectivity index (χ0n) is 16.3. The standard InChI is InChI=1S/C17H24N2O3S.C2HF3O2/c20-23(21,15-3-4-15)19-10-7-17(22-12-14-1-2-14)16(19)11-13-5-8-18-9-6-13;3-2(4,5)1(6)7/h5-6,8-9,14-17H,1-4,7,10-12H2;(H,6,7)/t16-,17+;/m0./s1. The Kier molecular flexibility index (Phi) is 7.03. The summed E-state index contributed by atoms with van der Waals surface area (Å²) in [6, 6.07) is 3.87. The van der Waals surface area contributed by atoms with Gasteiger partial charge in [-0.1, -0.05) is 0 Å². The second-order valence-electron chi connectivity index (χ2n) is 7.89. The number of carboxylic acids is 1. The number of carbonyl (C=O) groups is 1. The zero-order valence-corrected chi connectivity index (χ0v) is 17.1. The zero-order chi connectivity index (χ0) is 21.9. The van der Waals surface area contributed by atoms with Gasteiger partial charge in [0.25, 0.3) is 0 Å². The van der Waals surface area contributed by atoms with Crippen LogP contribution in [-0.4, -0.2) is 65.5 Å². The number of carboxylic acid groups (broad SMARTS) is 1. The van der Waals surface area contributed by atoms with Crippen LogP contribution < -0.4 is 0 Å². The average Bonchev–Trinajstić information content (AvgIpc) is 3.59. The molecule has 168 valence electrons. The minimum absolute atomic E-state index is 0.0253. The smallest absolute Gasteiger partial charge is 0.475 e. The van der Waals surface area contributed by atoms with E-state index in [0.717, 1.165) is 31.4 Å². The number of hydrogen-bond acceptors (Lipinski definition) is 5. The summed E-state index contributed by atoms with van der Waals surface area (Å²) in [7, 11) is -3.15. The quantitative estimate of drug-likeness (QED) is 0.686. The molecule has 0 aromatic carbocycles. The number of hydrogen-bond donors (Lipinski definition) is 1. The molecule has 3 fully saturated rings. The van der Waals surface area contributed by atoms with E-state index in [2.05, 4.69) is 4.98 Å². The van der Waals surface area contributed by atoms with Crippen LogP contribution in [0.4, 0.5) is 13.2 Å². The van der Waals surface area contributed by atoms with E-state index in [0.29, 0.717) is 18.9 Å². The molecule has 0 amide bonds. The minimum atomic E-state index is -5.08. The molecule has 2 heterocycles. The lowest BCUT2D eigenvalue weighted by Gasteiger charge is -2.28. The van der Waals surface area contributed by atoms with Crippen molar-refractivity contribution in [1.82, 2.24) is 9.29 Å². The molecule has 11 heteroatoms. The number of nitrogens with zero attached hydrogens (tertiary/aromatic N) is 2. The Morgan fingerprint density at radius 1 is 1.17 bits per heavy atom. The van der Waals surface area contributed by atoms with Crippen LogP contribution in [0.25, 0.3) is 0 Å². The molecule has 1 saturated heterocycles. The third kappa shape index (κ3) is 6.14. The van der Waals surface area contributed by atoms with Crippen molar-refractivity contribution < 1.29 is 36.2 Å². The predicted molar refractivity (Wildman–Crippen MR) is 101 cm³/mol. The van der Waals surface area contributed by atoms with Crippen LogP contribution in [0.1, 0.15) is 37.7 Å². The first-order valence-electron chi connectivity index (χ1n) is 9.90. The molecule has 1 N–H and O–H groups in total. The van der Waals surface area contributed by atoms with Crippen LogP contribution in [-0.2, 0) is 26.0 Å². The third-order valence-electron chi connectivity index (χ3n) is 5.39. The van der Waals surface area contributed by atoms with Crippen molar-refractivity contribution in [3.63, 3.8) is 0 Å². The Morgan fingerprint density at radius 2 is 1.77 bits per heavy atom. The fraction of sp³-hybridized carbons (Fsp3) is 0.684. The van der Waals surface area contributed by atoms with Gasteiger partial charge in [0, 0.05) is 25.5 Å². The van der Waals surface area contributed by atoms with Gasteiger partial charge in [-0.2, -0.15) is 17.5 Å². The first-order valence-corrected chi connectivity index (χ1v) is 11.4. The number of pyridine rings is 1. The fourth-order valence-electron chi connectivity index (χ4n) is 3.40. The molecule has 4 rings (SSSR count). The number of rotatable bonds is 7. The van der Waals surface area contributed by atoms with E-state index in [9.17, 15) is 21.6 Å². The average molecular weight is 450 g/mol. The Hall–Kier alpha value is -1.72. The number of halogens is 3. The predicted octanol–water partition coefficient (Wildman–Crippen LogP) is 2.62. The van der Waals surface area contributed by atoms with Crippen LogP contribution in [0.15, 0.2) is 24.5 Å². The molecule has 1 aromatic rings. The Labute approximate surface area is 173 Å². The summed E-state index contributed by atoms with van der Waals surface area (Å²) in [5.41, 5.74) is 1.13. The van der Waals surface area contributed by atoms with E-state index in [4.69, 9.17) is 14.6 Å². The molecule has 0 radical (unpaired) electrons. The fourth-order valence-corrected chi connectivity index (χ4v) is 5.47. The van der Waals surface area contributed by atoms with E-state index in [-0.39, 0.29) is 17.4 Å². The van der Waals surface area contributed by atoms with E-state index in [1.165, 1.54) is 12.8 Å². The van der Waals surface area contributed by atoms with Gasteiger partial charge in [0.15, 0.2) is 0 Å². The maximum atomic E-state index is 12.7. The van der Waals surface area contributed by atoms with Crippen molar-refractivity contribution >= 4 is 16.0 Å². The van der Waals surface area contributed by atoms with Crippen LogP contribution in [0.2, 0.25) is 0 Å². The number of sulfonamides is 1. The topological polar surface area (TPSA) is 96.8 Å². The van der Waals surface area contributed by atoms with Gasteiger partial charge >= 0.3 is 12.1 Å². The number of aromatic nitrogens is 1. The number of aliphatic carboxylic acids is 1. The summed E-state index contributed by atoms with van der Waals surface area (Å²) in [6.07, 6.45) is 4.14. The summed E-state index contributed by atoms with van der Waals surface area (Å²) in [4.78, 5) is 12.9. The molecule has 2 atom stereocenters. The molecule has 0 bridgehead atoms. The third-order valence-corrected chi connectivity index (χ3v) is 7.81. The Balaban J connectivity index is 0.000000318. The van der Waals surface area contributed by atoms with Crippen molar-refractivity contribution in [2.45, 2.75) is 62.1 Å². The Bertz CT molecular complexity index is 826. The lowest BCUT2D eigenvalue weighted by Crippen LogP contribution is -2.43. The molecular formula is C19H25F3N2O5S. The molecule has 30 heavy (non-hydrogen) atoms. The number of alkyl halides is 3. The van der Waals surface area contributed by atoms with Gasteiger partial charge in [0.05, 0.1) is 17.4 Å². The lowest BCUT2D eigenvalue weighted by molar-refractivity contribution is -0.192. The number of ether oxygens (including phenoxy) is 1. The van der Waals surface area contributed by atoms with Crippen LogP contribution in [0, 0.1) is 5.92 Å². The molecule has 0 unspecified atom stereocenters. The molecule has 1 aliphatic heterocycles. The lowest BCUT2D eigenvalue weighted by atomic mass is 10.0. The molecule has 2 saturated carbocycles. The highest BCUT2D eigenvalue weighted by Gasteiger charge is 2.48. The largest absolute Gasteiger partial charge is 0.490 e. The van der Waals surface area contributed by atoms with Gasteiger partial charge in [0.2, 0.25) is 10.0 Å². The van der Waals surface area contributed by atoms with Gasteiger partial charge in [-0.25, -0.2) is 13.2 Å². The van der Waals surface area contributed by atoms with E-state index >= 15 is 0 Å². The SMILES string of the molecule is O=C(O)C(F)(F)F.O=S(=O)(C1CC1)N1CC[C@@H](OCC2CC2)[C@@H]1Cc1ccncc1. The van der Waals surface area contributed by atoms with Crippen LogP contribution in [0.5, 0.6) is 0 Å². The molecular weight excluding hydrogens is 425 g/mol. The van der Waals surface area contributed by atoms with Crippen molar-refractivity contribution in [2.24, 2.45) is 5.92 Å². The molecule has 7 nitrogen and oxygen atoms in total. The summed E-state index contributed by atoms with van der Waals surface area (Å²) in [5.74, 6) is -2.06. The molecule has 1 aromatic heterocycles. The van der Waals surface area contributed by atoms with E-state index < -0.39 is 22.2 Å². The first-order chi connectivity index (χ1) is 14.1. The summed E-state index contributed by atoms with van der Waals surface area (Å²) < 4.78 is 65.1. The van der Waals surface area contributed by atoms with Crippen LogP contribution in [0.3, 0.4) is 0 Å². The van der Waals surface area contributed by atoms with Crippen molar-refractivity contribution in [1.29, 1.82) is 0 Å². The molecule has 2 aliphatic carbocycles. The second-order valence-corrected chi connectivity index (χ2v) is 10.1. The summed E-state index contributed by atoms with van der Waals surface area (Å²) in [5, 5.41) is 6.98. The van der Waals surface area contributed by atoms with Crippen molar-refractivity contribution in [3.05, 3.63) is 30.1 Å². The highest BCUT2D eigenvalue weighted by molar-refractivity contribution is 7.90. The van der Waals surface area contributed by atoms with Crippen LogP contribution >= 0.6 is 0 Å². The summed E-state index contributed by atoms with van der Waals surface area (Å²) >= 11 is 0. The Morgan fingerprint density at radius 3 is 2.27 bits per heavy atom. The normalized spacial score (nSPS) is 24.9. The minimum Gasteiger partial charge on any atom is -0.475 e. The summed E-state index contributed by atoms with van der Waals surface area (Å²) in [6.45, 7) is 1.39.